The first kappa shape index (κ1) is 11.7. The predicted molar refractivity (Wildman–Crippen MR) is 63.3 cm³/mol. The molecule has 1 N–H and O–H groups in total. The Labute approximate surface area is 100 Å². The summed E-state index contributed by atoms with van der Waals surface area (Å²) in [6, 6.07) is 1.86. The summed E-state index contributed by atoms with van der Waals surface area (Å²) < 4.78 is 1.68. The maximum absolute atomic E-state index is 10.2. The van der Waals surface area contributed by atoms with Crippen LogP contribution in [0.3, 0.4) is 0 Å². The lowest BCUT2D eigenvalue weighted by Gasteiger charge is -2.13. The highest BCUT2D eigenvalue weighted by Gasteiger charge is 2.14. The maximum atomic E-state index is 10.2. The first-order valence-corrected chi connectivity index (χ1v) is 5.66. The molecule has 1 atom stereocenters. The van der Waals surface area contributed by atoms with Crippen LogP contribution in [0.2, 0.25) is 0 Å². The molecule has 0 fully saturated rings. The van der Waals surface area contributed by atoms with Crippen LogP contribution < -0.4 is 0 Å². The monoisotopic (exact) mass is 232 g/mol. The molecule has 0 radical (unpaired) electrons. The van der Waals surface area contributed by atoms with E-state index >= 15 is 0 Å². The lowest BCUT2D eigenvalue weighted by atomic mass is 10.0. The molecule has 0 saturated heterocycles. The lowest BCUT2D eigenvalue weighted by molar-refractivity contribution is 0.173. The minimum Gasteiger partial charge on any atom is -0.388 e. The van der Waals surface area contributed by atoms with E-state index in [1.807, 2.05) is 13.1 Å². The van der Waals surface area contributed by atoms with Gasteiger partial charge >= 0.3 is 0 Å². The molecule has 1 unspecified atom stereocenters. The van der Waals surface area contributed by atoms with Crippen LogP contribution in [0.5, 0.6) is 0 Å². The van der Waals surface area contributed by atoms with Gasteiger partial charge in [0.1, 0.15) is 12.2 Å². The summed E-state index contributed by atoms with van der Waals surface area (Å²) >= 11 is 0. The Morgan fingerprint density at radius 3 is 2.94 bits per heavy atom. The van der Waals surface area contributed by atoms with Gasteiger partial charge in [-0.05, 0) is 23.6 Å². The van der Waals surface area contributed by atoms with Gasteiger partial charge in [-0.25, -0.2) is 4.98 Å². The van der Waals surface area contributed by atoms with Gasteiger partial charge in [0.25, 0.3) is 0 Å². The molecule has 0 saturated carbocycles. The number of hydrogen-bond acceptors (Lipinski definition) is 4. The SMILES string of the molecule is CCc1cnccc1C(O)Cc1ncnn1C. The molecule has 0 aliphatic rings. The van der Waals surface area contributed by atoms with Crippen molar-refractivity contribution in [1.29, 1.82) is 0 Å². The minimum atomic E-state index is -0.559. The molecule has 2 aromatic heterocycles. The van der Waals surface area contributed by atoms with Gasteiger partial charge in [0.05, 0.1) is 6.10 Å². The maximum Gasteiger partial charge on any atom is 0.138 e. The van der Waals surface area contributed by atoms with Gasteiger partial charge in [0, 0.05) is 25.9 Å². The first-order valence-electron chi connectivity index (χ1n) is 5.66. The van der Waals surface area contributed by atoms with Gasteiger partial charge in [-0.2, -0.15) is 5.10 Å². The Morgan fingerprint density at radius 1 is 1.47 bits per heavy atom. The Hall–Kier alpha value is -1.75. The molecule has 2 aromatic rings. The fourth-order valence-corrected chi connectivity index (χ4v) is 1.85. The summed E-state index contributed by atoms with van der Waals surface area (Å²) in [7, 11) is 1.82. The normalized spacial score (nSPS) is 12.6. The van der Waals surface area contributed by atoms with Crippen molar-refractivity contribution in [3.05, 3.63) is 41.7 Å². The van der Waals surface area contributed by atoms with Gasteiger partial charge in [0.15, 0.2) is 0 Å². The highest BCUT2D eigenvalue weighted by atomic mass is 16.3. The Kier molecular flexibility index (Phi) is 3.49. The Balaban J connectivity index is 2.20. The molecular formula is C12H16N4O. The molecule has 0 spiro atoms. The van der Waals surface area contributed by atoms with E-state index in [9.17, 15) is 5.11 Å². The van der Waals surface area contributed by atoms with Gasteiger partial charge in [-0.1, -0.05) is 6.92 Å². The zero-order valence-corrected chi connectivity index (χ0v) is 10.0. The summed E-state index contributed by atoms with van der Waals surface area (Å²) in [6.45, 7) is 2.05. The van der Waals surface area contributed by atoms with E-state index in [4.69, 9.17) is 0 Å². The molecule has 0 aliphatic carbocycles. The third kappa shape index (κ3) is 2.50. The summed E-state index contributed by atoms with van der Waals surface area (Å²) in [6.07, 6.45) is 5.77. The van der Waals surface area contributed by atoms with Crippen molar-refractivity contribution in [3.63, 3.8) is 0 Å². The molecule has 5 nitrogen and oxygen atoms in total. The second kappa shape index (κ2) is 5.05. The highest BCUT2D eigenvalue weighted by molar-refractivity contribution is 5.26. The van der Waals surface area contributed by atoms with E-state index in [1.54, 1.807) is 17.1 Å². The van der Waals surface area contributed by atoms with Crippen LogP contribution in [-0.4, -0.2) is 24.9 Å². The van der Waals surface area contributed by atoms with Crippen molar-refractivity contribution in [2.45, 2.75) is 25.9 Å². The quantitative estimate of drug-likeness (QED) is 0.855. The van der Waals surface area contributed by atoms with Crippen LogP contribution in [0.25, 0.3) is 0 Å². The topological polar surface area (TPSA) is 63.8 Å². The smallest absolute Gasteiger partial charge is 0.138 e. The van der Waals surface area contributed by atoms with Crippen molar-refractivity contribution in [2.24, 2.45) is 7.05 Å². The molecule has 2 heterocycles. The molecule has 0 bridgehead atoms. The van der Waals surface area contributed by atoms with Crippen molar-refractivity contribution >= 4 is 0 Å². The second-order valence-electron chi connectivity index (χ2n) is 3.95. The minimum absolute atomic E-state index is 0.466. The number of hydrogen-bond donors (Lipinski definition) is 1. The molecule has 17 heavy (non-hydrogen) atoms. The van der Waals surface area contributed by atoms with E-state index in [1.165, 1.54) is 6.33 Å². The van der Waals surface area contributed by atoms with E-state index < -0.39 is 6.10 Å². The van der Waals surface area contributed by atoms with E-state index in [0.717, 1.165) is 23.4 Å². The van der Waals surface area contributed by atoms with Gasteiger partial charge < -0.3 is 5.11 Å². The number of aliphatic hydroxyl groups is 1. The Bertz CT molecular complexity index is 495. The lowest BCUT2D eigenvalue weighted by Crippen LogP contribution is -2.09. The molecule has 2 rings (SSSR count). The summed E-state index contributed by atoms with van der Waals surface area (Å²) in [5, 5.41) is 14.2. The molecule has 90 valence electrons. The van der Waals surface area contributed by atoms with Gasteiger partial charge in [-0.15, -0.1) is 0 Å². The van der Waals surface area contributed by atoms with E-state index in [2.05, 4.69) is 22.0 Å². The molecule has 0 amide bonds. The fourth-order valence-electron chi connectivity index (χ4n) is 1.85. The number of pyridine rings is 1. The van der Waals surface area contributed by atoms with Crippen molar-refractivity contribution in [2.75, 3.05) is 0 Å². The van der Waals surface area contributed by atoms with Crippen molar-refractivity contribution in [3.8, 4) is 0 Å². The Morgan fingerprint density at radius 2 is 2.29 bits per heavy atom. The molecule has 5 heteroatoms. The molecule has 0 aromatic carbocycles. The zero-order valence-electron chi connectivity index (χ0n) is 10.0. The summed E-state index contributed by atoms with van der Waals surface area (Å²) in [5.41, 5.74) is 1.99. The third-order valence-corrected chi connectivity index (χ3v) is 2.86. The second-order valence-corrected chi connectivity index (χ2v) is 3.95. The van der Waals surface area contributed by atoms with Crippen molar-refractivity contribution in [1.82, 2.24) is 19.7 Å². The van der Waals surface area contributed by atoms with Crippen LogP contribution in [-0.2, 0) is 19.9 Å². The average molecular weight is 232 g/mol. The van der Waals surface area contributed by atoms with E-state index in [-0.39, 0.29) is 0 Å². The average Bonchev–Trinajstić information content (AvgIpc) is 2.75. The number of rotatable bonds is 4. The van der Waals surface area contributed by atoms with Gasteiger partial charge in [-0.3, -0.25) is 9.67 Å². The zero-order chi connectivity index (χ0) is 12.3. The fraction of sp³-hybridized carbons (Fsp3) is 0.417. The van der Waals surface area contributed by atoms with Crippen LogP contribution >= 0.6 is 0 Å². The standard InChI is InChI=1S/C12H16N4O/c1-3-9-7-13-5-4-10(9)11(17)6-12-14-8-15-16(12)2/h4-5,7-8,11,17H,3,6H2,1-2H3. The van der Waals surface area contributed by atoms with Crippen LogP contribution in [0.1, 0.15) is 30.0 Å². The molecular weight excluding hydrogens is 216 g/mol. The third-order valence-electron chi connectivity index (χ3n) is 2.86. The van der Waals surface area contributed by atoms with Crippen LogP contribution in [0, 0.1) is 0 Å². The summed E-state index contributed by atoms with van der Waals surface area (Å²) in [4.78, 5) is 8.18. The number of aryl methyl sites for hydroxylation is 2. The number of aromatic nitrogens is 4. The van der Waals surface area contributed by atoms with Crippen molar-refractivity contribution < 1.29 is 5.11 Å². The summed E-state index contributed by atoms with van der Waals surface area (Å²) in [5.74, 6) is 0.774. The largest absolute Gasteiger partial charge is 0.388 e. The van der Waals surface area contributed by atoms with Crippen LogP contribution in [0.15, 0.2) is 24.8 Å². The molecule has 0 aliphatic heterocycles. The number of nitrogens with zero attached hydrogens (tertiary/aromatic N) is 4. The van der Waals surface area contributed by atoms with Crippen LogP contribution in [0.4, 0.5) is 0 Å². The first-order chi connectivity index (χ1) is 8.22. The van der Waals surface area contributed by atoms with E-state index in [0.29, 0.717) is 6.42 Å². The highest BCUT2D eigenvalue weighted by Crippen LogP contribution is 2.20. The predicted octanol–water partition coefficient (Wildman–Crippen LogP) is 1.05. The van der Waals surface area contributed by atoms with Gasteiger partial charge in [0.2, 0.25) is 0 Å². The number of aliphatic hydroxyl groups excluding tert-OH is 1.